The van der Waals surface area contributed by atoms with E-state index in [-0.39, 0.29) is 0 Å². The van der Waals surface area contributed by atoms with Gasteiger partial charge in [0.25, 0.3) is 0 Å². The van der Waals surface area contributed by atoms with E-state index in [9.17, 15) is 0 Å². The number of hydrogen-bond donors (Lipinski definition) is 1. The Morgan fingerprint density at radius 2 is 1.60 bits per heavy atom. The third kappa shape index (κ3) is 1.96. The molecular weight excluding hydrogens is 124 g/mol. The Morgan fingerprint density at radius 3 is 1.90 bits per heavy atom. The molecule has 2 nitrogen and oxygen atoms in total. The summed E-state index contributed by atoms with van der Waals surface area (Å²) in [6.45, 7) is 0. The van der Waals surface area contributed by atoms with Crippen molar-refractivity contribution in [3.63, 3.8) is 0 Å². The monoisotopic (exact) mass is 143 g/mol. The van der Waals surface area contributed by atoms with Crippen molar-refractivity contribution in [1.29, 1.82) is 0 Å². The molecule has 10 heavy (non-hydrogen) atoms. The summed E-state index contributed by atoms with van der Waals surface area (Å²) in [6, 6.07) is 0.716. The molecule has 60 valence electrons. The summed E-state index contributed by atoms with van der Waals surface area (Å²) in [5.74, 6) is 5.95. The van der Waals surface area contributed by atoms with Crippen LogP contribution in [0.25, 0.3) is 0 Å². The van der Waals surface area contributed by atoms with Gasteiger partial charge in [-0.25, -0.2) is 0 Å². The average Bonchev–Trinajstić information content (AvgIpc) is 1.88. The van der Waals surface area contributed by atoms with Gasteiger partial charge in [-0.15, -0.1) is 0 Å². The maximum absolute atomic E-state index is 5.95. The standard InChI is InChI=1S/C8H19N2/c1-10(2,9)8-6-4-3-5-7-8/h8H,3-7,9H2,1-2H3/q+1. The number of nitrogens with two attached hydrogens (primary N) is 1. The highest BCUT2D eigenvalue weighted by Gasteiger charge is 2.26. The molecule has 1 saturated carbocycles. The Morgan fingerprint density at radius 1 is 1.10 bits per heavy atom. The van der Waals surface area contributed by atoms with Gasteiger partial charge in [-0.2, -0.15) is 5.84 Å². The average molecular weight is 143 g/mol. The van der Waals surface area contributed by atoms with Gasteiger partial charge in [0.05, 0.1) is 14.1 Å². The molecule has 1 aliphatic rings. The zero-order valence-electron chi connectivity index (χ0n) is 7.14. The lowest BCUT2D eigenvalue weighted by Crippen LogP contribution is -2.55. The predicted octanol–water partition coefficient (Wildman–Crippen LogP) is 1.27. The van der Waals surface area contributed by atoms with Crippen LogP contribution < -0.4 is 5.84 Å². The quantitative estimate of drug-likeness (QED) is 0.334. The van der Waals surface area contributed by atoms with Crippen LogP contribution in [0.1, 0.15) is 32.1 Å². The number of hydrogen-bond acceptors (Lipinski definition) is 1. The van der Waals surface area contributed by atoms with Crippen LogP contribution in [0, 0.1) is 0 Å². The minimum atomic E-state index is 0.667. The second-order valence-electron chi connectivity index (χ2n) is 3.92. The molecule has 0 unspecified atom stereocenters. The van der Waals surface area contributed by atoms with Crippen LogP contribution in [-0.2, 0) is 0 Å². The molecule has 0 aromatic heterocycles. The largest absolute Gasteiger partial charge is 0.251 e. The van der Waals surface area contributed by atoms with Crippen LogP contribution in [0.2, 0.25) is 0 Å². The van der Waals surface area contributed by atoms with Gasteiger partial charge in [-0.1, -0.05) is 6.42 Å². The highest BCUT2D eigenvalue weighted by molar-refractivity contribution is 4.64. The van der Waals surface area contributed by atoms with Gasteiger partial charge < -0.3 is 0 Å². The molecule has 0 bridgehead atoms. The molecule has 0 atom stereocenters. The Hall–Kier alpha value is -0.0800. The van der Waals surface area contributed by atoms with E-state index in [0.29, 0.717) is 10.6 Å². The Labute approximate surface area is 63.6 Å². The predicted molar refractivity (Wildman–Crippen MR) is 43.2 cm³/mol. The summed E-state index contributed by atoms with van der Waals surface area (Å²) >= 11 is 0. The summed E-state index contributed by atoms with van der Waals surface area (Å²) in [5, 5.41) is 0. The van der Waals surface area contributed by atoms with Crippen LogP contribution in [-0.4, -0.2) is 24.7 Å². The lowest BCUT2D eigenvalue weighted by Gasteiger charge is -2.34. The molecule has 0 aliphatic heterocycles. The second-order valence-corrected chi connectivity index (χ2v) is 3.92. The highest BCUT2D eigenvalue weighted by Crippen LogP contribution is 2.22. The molecule has 0 radical (unpaired) electrons. The zero-order chi connectivity index (χ0) is 7.61. The third-order valence-electron chi connectivity index (χ3n) is 2.52. The van der Waals surface area contributed by atoms with E-state index in [1.165, 1.54) is 32.1 Å². The summed E-state index contributed by atoms with van der Waals surface area (Å²) in [4.78, 5) is 0. The summed E-state index contributed by atoms with van der Waals surface area (Å²) in [7, 11) is 4.19. The molecular formula is C8H19N2+. The van der Waals surface area contributed by atoms with E-state index in [4.69, 9.17) is 5.84 Å². The molecule has 2 N–H and O–H groups in total. The van der Waals surface area contributed by atoms with Crippen LogP contribution in [0.3, 0.4) is 0 Å². The van der Waals surface area contributed by atoms with Crippen molar-refractivity contribution in [2.45, 2.75) is 38.1 Å². The van der Waals surface area contributed by atoms with Gasteiger partial charge in [0, 0.05) is 12.8 Å². The van der Waals surface area contributed by atoms with E-state index >= 15 is 0 Å². The van der Waals surface area contributed by atoms with E-state index in [1.54, 1.807) is 0 Å². The topological polar surface area (TPSA) is 26.0 Å². The number of nitrogens with zero attached hydrogens (tertiary/aromatic N) is 1. The van der Waals surface area contributed by atoms with Gasteiger partial charge in [-0.05, 0) is 12.8 Å². The van der Waals surface area contributed by atoms with Gasteiger partial charge >= 0.3 is 0 Å². The lowest BCUT2D eigenvalue weighted by molar-refractivity contribution is -0.928. The normalized spacial score (nSPS) is 23.1. The molecule has 2 heteroatoms. The van der Waals surface area contributed by atoms with Gasteiger partial charge in [0.15, 0.2) is 0 Å². The molecule has 0 spiro atoms. The fourth-order valence-electron chi connectivity index (χ4n) is 1.75. The molecule has 0 aromatic carbocycles. The molecule has 0 heterocycles. The Bertz CT molecular complexity index is 98.3. The smallest absolute Gasteiger partial charge is 0.106 e. The first kappa shape index (κ1) is 8.02. The van der Waals surface area contributed by atoms with Crippen LogP contribution in [0.4, 0.5) is 0 Å². The highest BCUT2D eigenvalue weighted by atomic mass is 15.6. The SMILES string of the molecule is C[N+](C)(N)C1CCCCC1. The maximum Gasteiger partial charge on any atom is 0.106 e. The van der Waals surface area contributed by atoms with Gasteiger partial charge in [0.2, 0.25) is 0 Å². The zero-order valence-corrected chi connectivity index (χ0v) is 7.14. The summed E-state index contributed by atoms with van der Waals surface area (Å²) in [5.41, 5.74) is 0. The van der Waals surface area contributed by atoms with Crippen LogP contribution >= 0.6 is 0 Å². The van der Waals surface area contributed by atoms with Crippen molar-refractivity contribution in [1.82, 2.24) is 0 Å². The van der Waals surface area contributed by atoms with E-state index in [2.05, 4.69) is 14.1 Å². The Balaban J connectivity index is 2.39. The molecule has 1 aliphatic carbocycles. The molecule has 0 saturated heterocycles. The van der Waals surface area contributed by atoms with Gasteiger partial charge in [0.1, 0.15) is 6.04 Å². The van der Waals surface area contributed by atoms with Gasteiger partial charge in [-0.3, -0.25) is 4.59 Å². The first-order valence-electron chi connectivity index (χ1n) is 4.23. The molecule has 1 rings (SSSR count). The van der Waals surface area contributed by atoms with Crippen molar-refractivity contribution in [2.75, 3.05) is 14.1 Å². The Kier molecular flexibility index (Phi) is 2.32. The fourth-order valence-corrected chi connectivity index (χ4v) is 1.75. The number of quaternary nitrogens is 1. The van der Waals surface area contributed by atoms with Crippen LogP contribution in [0.5, 0.6) is 0 Å². The van der Waals surface area contributed by atoms with Crippen molar-refractivity contribution in [3.05, 3.63) is 0 Å². The van der Waals surface area contributed by atoms with E-state index in [1.807, 2.05) is 0 Å². The van der Waals surface area contributed by atoms with E-state index < -0.39 is 0 Å². The minimum absolute atomic E-state index is 0.667. The van der Waals surface area contributed by atoms with Crippen molar-refractivity contribution >= 4 is 0 Å². The minimum Gasteiger partial charge on any atom is -0.251 e. The van der Waals surface area contributed by atoms with Crippen LogP contribution in [0.15, 0.2) is 0 Å². The van der Waals surface area contributed by atoms with Crippen molar-refractivity contribution < 1.29 is 4.59 Å². The first-order chi connectivity index (χ1) is 4.61. The second kappa shape index (κ2) is 2.89. The molecule has 0 amide bonds. The first-order valence-corrected chi connectivity index (χ1v) is 4.23. The molecule has 0 aromatic rings. The van der Waals surface area contributed by atoms with Crippen molar-refractivity contribution in [2.24, 2.45) is 5.84 Å². The maximum atomic E-state index is 5.95. The van der Waals surface area contributed by atoms with Crippen molar-refractivity contribution in [3.8, 4) is 0 Å². The van der Waals surface area contributed by atoms with E-state index in [0.717, 1.165) is 0 Å². The fraction of sp³-hybridized carbons (Fsp3) is 1.00. The third-order valence-corrected chi connectivity index (χ3v) is 2.52. The number of rotatable bonds is 1. The lowest BCUT2D eigenvalue weighted by atomic mass is 9.94. The molecule has 1 fully saturated rings. The summed E-state index contributed by atoms with van der Waals surface area (Å²) in [6.07, 6.45) is 6.82. The summed E-state index contributed by atoms with van der Waals surface area (Å²) < 4.78 is 0.667.